The number of aliphatic hydroxyl groups is 1. The highest BCUT2D eigenvalue weighted by Crippen LogP contribution is 2.12. The van der Waals surface area contributed by atoms with Gasteiger partial charge < -0.3 is 14.6 Å². The highest BCUT2D eigenvalue weighted by Gasteiger charge is 2.16. The Kier molecular flexibility index (Phi) is 66.1. The van der Waals surface area contributed by atoms with E-state index in [1.807, 2.05) is 0 Å². The summed E-state index contributed by atoms with van der Waals surface area (Å²) in [4.78, 5) is 24.6. The van der Waals surface area contributed by atoms with E-state index in [0.717, 1.165) is 193 Å². The molecule has 1 unspecified atom stereocenters. The van der Waals surface area contributed by atoms with Crippen molar-refractivity contribution in [1.82, 2.24) is 0 Å². The molecule has 0 aliphatic heterocycles. The molecule has 0 aromatic heterocycles. The molecule has 0 amide bonds. The molecule has 464 valence electrons. The van der Waals surface area contributed by atoms with Gasteiger partial charge in [0.05, 0.1) is 6.61 Å². The van der Waals surface area contributed by atoms with Gasteiger partial charge in [0.1, 0.15) is 6.61 Å². The van der Waals surface area contributed by atoms with Gasteiger partial charge in [-0.25, -0.2) is 0 Å². The third-order valence-corrected chi connectivity index (χ3v) is 13.0. The Morgan fingerprint density at radius 1 is 0.274 bits per heavy atom. The molecule has 5 heteroatoms. The summed E-state index contributed by atoms with van der Waals surface area (Å²) < 4.78 is 10.7. The number of aliphatic hydroxyl groups excluding tert-OH is 1. The monoisotopic (exact) mass is 1150 g/mol. The molecule has 0 radical (unpaired) electrons. The van der Waals surface area contributed by atoms with Gasteiger partial charge in [-0.2, -0.15) is 0 Å². The Morgan fingerprint density at radius 2 is 0.476 bits per heavy atom. The van der Waals surface area contributed by atoms with E-state index < -0.39 is 6.10 Å². The number of hydrogen-bond acceptors (Lipinski definition) is 5. The van der Waals surface area contributed by atoms with Crippen molar-refractivity contribution in [2.24, 2.45) is 0 Å². The second-order valence-electron chi connectivity index (χ2n) is 20.7. The van der Waals surface area contributed by atoms with Crippen molar-refractivity contribution in [3.63, 3.8) is 0 Å². The molecule has 0 heterocycles. The van der Waals surface area contributed by atoms with Crippen LogP contribution in [0.4, 0.5) is 0 Å². The fourth-order valence-electron chi connectivity index (χ4n) is 8.10. The van der Waals surface area contributed by atoms with Crippen molar-refractivity contribution in [3.8, 4) is 0 Å². The zero-order chi connectivity index (χ0) is 60.5. The Hall–Kier alpha value is -6.04. The van der Waals surface area contributed by atoms with Crippen molar-refractivity contribution in [3.05, 3.63) is 231 Å². The van der Waals surface area contributed by atoms with Crippen molar-refractivity contribution in [2.45, 2.75) is 238 Å². The van der Waals surface area contributed by atoms with E-state index in [-0.39, 0.29) is 25.2 Å². The minimum atomic E-state index is -0.810. The minimum absolute atomic E-state index is 0.0990. The summed E-state index contributed by atoms with van der Waals surface area (Å²) in [5, 5.41) is 9.69. The number of carbonyl (C=O) groups excluding carboxylic acids is 2. The maximum absolute atomic E-state index is 12.4. The van der Waals surface area contributed by atoms with Crippen LogP contribution in [0.3, 0.4) is 0 Å². The Morgan fingerprint density at radius 3 is 0.714 bits per heavy atom. The van der Waals surface area contributed by atoms with E-state index in [1.165, 1.54) is 12.8 Å². The summed E-state index contributed by atoms with van der Waals surface area (Å²) >= 11 is 0. The normalized spacial score (nSPS) is 13.8. The minimum Gasteiger partial charge on any atom is -0.462 e. The lowest BCUT2D eigenvalue weighted by atomic mass is 10.1. The zero-order valence-corrected chi connectivity index (χ0v) is 53.1. The number of esters is 2. The lowest BCUT2D eigenvalue weighted by Gasteiger charge is -2.15. The largest absolute Gasteiger partial charge is 0.462 e. The first kappa shape index (κ1) is 78.0. The van der Waals surface area contributed by atoms with Gasteiger partial charge in [0, 0.05) is 12.8 Å². The van der Waals surface area contributed by atoms with Crippen LogP contribution in [0.25, 0.3) is 0 Å². The van der Waals surface area contributed by atoms with Crippen LogP contribution in [0, 0.1) is 0 Å². The molecule has 0 bridgehead atoms. The standard InChI is InChI=1S/C79H118O5/c1-3-5-7-9-11-13-15-17-19-21-23-25-27-29-31-33-35-37-38-39-40-42-44-46-48-50-52-54-56-58-60-62-64-66-68-70-72-74-79(82)84-77(75-80)76-83-78(81)73-71-69-67-65-63-61-59-57-55-53-51-49-47-45-43-41-36-34-32-30-28-26-24-22-20-18-16-14-12-10-8-6-4-2/h5-8,11-14,17-20,23-26,29-32,35-37,39-41,44-47,50-53,56-59,77,80H,3-4,9-10,15-16,21-22,27-28,33-34,38,42-43,48-49,54-55,60-76H2,1-2H3/b7-5-,8-6-,13-11-,14-12-,19-17-,20-18-,25-23-,26-24-,31-29-,32-30-,37-35-,40-39-,41-36-,46-44-,47-45-,52-50-,53-51-,58-56-,59-57-. The molecule has 5 nitrogen and oxygen atoms in total. The number of rotatable bonds is 57. The Labute approximate surface area is 515 Å². The predicted octanol–water partition coefficient (Wildman–Crippen LogP) is 23.3. The molecule has 0 aromatic carbocycles. The topological polar surface area (TPSA) is 72.8 Å². The van der Waals surface area contributed by atoms with Crippen molar-refractivity contribution >= 4 is 11.9 Å². The summed E-state index contributed by atoms with van der Waals surface area (Å²) in [5.74, 6) is -0.649. The lowest BCUT2D eigenvalue weighted by molar-refractivity contribution is -0.161. The fraction of sp³-hybridized carbons (Fsp3) is 0.494. The molecular formula is C79H118O5. The highest BCUT2D eigenvalue weighted by molar-refractivity contribution is 5.70. The van der Waals surface area contributed by atoms with Gasteiger partial charge in [-0.1, -0.05) is 290 Å². The molecule has 1 atom stereocenters. The van der Waals surface area contributed by atoms with Crippen LogP contribution in [0.15, 0.2) is 231 Å². The first-order valence-electron chi connectivity index (χ1n) is 32.9. The number of unbranched alkanes of at least 4 members (excludes halogenated alkanes) is 11. The van der Waals surface area contributed by atoms with Crippen LogP contribution in [0.5, 0.6) is 0 Å². The molecule has 0 spiro atoms. The fourth-order valence-corrected chi connectivity index (χ4v) is 8.10. The molecule has 0 aliphatic carbocycles. The molecular weight excluding hydrogens is 1030 g/mol. The van der Waals surface area contributed by atoms with E-state index >= 15 is 0 Å². The van der Waals surface area contributed by atoms with Gasteiger partial charge >= 0.3 is 11.9 Å². The van der Waals surface area contributed by atoms with Gasteiger partial charge in [-0.15, -0.1) is 0 Å². The van der Waals surface area contributed by atoms with Crippen molar-refractivity contribution in [2.75, 3.05) is 13.2 Å². The van der Waals surface area contributed by atoms with Crippen LogP contribution in [0.1, 0.15) is 232 Å². The molecule has 0 aliphatic rings. The summed E-state index contributed by atoms with van der Waals surface area (Å²) in [6, 6.07) is 0. The Bertz CT molecular complexity index is 2080. The predicted molar refractivity (Wildman–Crippen MR) is 370 cm³/mol. The number of hydrogen-bond donors (Lipinski definition) is 1. The van der Waals surface area contributed by atoms with Crippen LogP contribution in [-0.4, -0.2) is 36.4 Å². The molecule has 84 heavy (non-hydrogen) atoms. The van der Waals surface area contributed by atoms with E-state index in [9.17, 15) is 14.7 Å². The van der Waals surface area contributed by atoms with Gasteiger partial charge in [0.25, 0.3) is 0 Å². The maximum Gasteiger partial charge on any atom is 0.306 e. The van der Waals surface area contributed by atoms with Crippen LogP contribution in [0.2, 0.25) is 0 Å². The average Bonchev–Trinajstić information content (AvgIpc) is 3.51. The molecule has 1 N–H and O–H groups in total. The number of allylic oxidation sites excluding steroid dienone is 38. The second kappa shape index (κ2) is 71.2. The third-order valence-electron chi connectivity index (χ3n) is 13.0. The smallest absolute Gasteiger partial charge is 0.306 e. The van der Waals surface area contributed by atoms with Crippen LogP contribution in [-0.2, 0) is 19.1 Å². The van der Waals surface area contributed by atoms with Gasteiger partial charge in [0.15, 0.2) is 6.10 Å². The highest BCUT2D eigenvalue weighted by atomic mass is 16.6. The van der Waals surface area contributed by atoms with Gasteiger partial charge in [0.2, 0.25) is 0 Å². The van der Waals surface area contributed by atoms with Crippen LogP contribution >= 0.6 is 0 Å². The third kappa shape index (κ3) is 68.5. The number of carbonyl (C=O) groups is 2. The summed E-state index contributed by atoms with van der Waals surface area (Å²) in [6.45, 7) is 3.87. The van der Waals surface area contributed by atoms with E-state index in [4.69, 9.17) is 9.47 Å². The quantitative estimate of drug-likeness (QED) is 0.0373. The van der Waals surface area contributed by atoms with Crippen molar-refractivity contribution in [1.29, 1.82) is 0 Å². The lowest BCUT2D eigenvalue weighted by Crippen LogP contribution is -2.28. The summed E-state index contributed by atoms with van der Waals surface area (Å²) in [5.41, 5.74) is 0. The first-order valence-corrected chi connectivity index (χ1v) is 32.9. The van der Waals surface area contributed by atoms with Gasteiger partial charge in [-0.3, -0.25) is 9.59 Å². The molecule has 0 saturated heterocycles. The van der Waals surface area contributed by atoms with E-state index in [2.05, 4.69) is 245 Å². The van der Waals surface area contributed by atoms with E-state index in [0.29, 0.717) is 12.8 Å². The summed E-state index contributed by atoms with van der Waals surface area (Å²) in [6.07, 6.45) is 117. The Balaban J connectivity index is 3.69. The first-order chi connectivity index (χ1) is 41.6. The second-order valence-corrected chi connectivity index (χ2v) is 20.7. The molecule has 0 rings (SSSR count). The zero-order valence-electron chi connectivity index (χ0n) is 53.1. The molecule has 0 aromatic rings. The summed E-state index contributed by atoms with van der Waals surface area (Å²) in [7, 11) is 0. The molecule has 0 fully saturated rings. The number of ether oxygens (including phenoxy) is 2. The SMILES string of the molecule is CC/C=C\C/C=C\C/C=C\C/C=C\C/C=C\C/C=C\C/C=C\C/C=C\C/C=C\C/C=C\CCCCCCCCC(=O)OC(CO)COC(=O)CCCCCCC/C=C\C/C=C\C/C=C\C/C=C\C/C=C\C/C=C\C/C=C\C/C=C\C/C=C\CC. The average molecular weight is 1150 g/mol. The maximum atomic E-state index is 12.4. The van der Waals surface area contributed by atoms with Crippen molar-refractivity contribution < 1.29 is 24.2 Å². The van der Waals surface area contributed by atoms with Gasteiger partial charge in [-0.05, 0) is 161 Å². The van der Waals surface area contributed by atoms with Crippen LogP contribution < -0.4 is 0 Å². The molecule has 0 saturated carbocycles. The van der Waals surface area contributed by atoms with E-state index in [1.54, 1.807) is 0 Å².